The van der Waals surface area contributed by atoms with Crippen molar-refractivity contribution >= 4 is 33.6 Å². The van der Waals surface area contributed by atoms with Crippen LogP contribution >= 0.6 is 0 Å². The lowest BCUT2D eigenvalue weighted by Gasteiger charge is -2.09. The van der Waals surface area contributed by atoms with Crippen LogP contribution < -0.4 is 15.4 Å². The van der Waals surface area contributed by atoms with Gasteiger partial charge in [-0.25, -0.2) is 8.78 Å². The molecule has 0 saturated heterocycles. The van der Waals surface area contributed by atoms with Gasteiger partial charge >= 0.3 is 0 Å². The van der Waals surface area contributed by atoms with Crippen molar-refractivity contribution in [3.63, 3.8) is 0 Å². The van der Waals surface area contributed by atoms with Gasteiger partial charge in [0.25, 0.3) is 17.3 Å². The molecule has 0 atom stereocenters. The van der Waals surface area contributed by atoms with Crippen LogP contribution in [-0.4, -0.2) is 27.0 Å². The van der Waals surface area contributed by atoms with Crippen molar-refractivity contribution in [3.8, 4) is 11.5 Å². The van der Waals surface area contributed by atoms with E-state index in [2.05, 4.69) is 15.6 Å². The minimum Gasteiger partial charge on any atom is -0.618 e. The zero-order valence-electron chi connectivity index (χ0n) is 23.6. The molecule has 0 unspecified atom stereocenters. The lowest BCUT2D eigenvalue weighted by atomic mass is 10.1. The van der Waals surface area contributed by atoms with E-state index in [0.29, 0.717) is 15.6 Å². The van der Waals surface area contributed by atoms with Crippen LogP contribution in [0.4, 0.5) is 8.78 Å². The van der Waals surface area contributed by atoms with Gasteiger partial charge in [-0.3, -0.25) is 14.6 Å². The maximum atomic E-state index is 12.8. The Kier molecular flexibility index (Phi) is 9.09. The predicted molar refractivity (Wildman–Crippen MR) is 163 cm³/mol. The SMILES string of the molecule is O=C(NCc1ccc(F)cc1)c1ccc2ccc[n+]([O-])c2c1O.O=C(NCc1ccc(F)cc1)c1ccc2cccnc2c1O. The van der Waals surface area contributed by atoms with Gasteiger partial charge in [-0.15, -0.1) is 0 Å². The lowest BCUT2D eigenvalue weighted by Crippen LogP contribution is -2.27. The normalized spacial score (nSPS) is 10.6. The first-order chi connectivity index (χ1) is 21.7. The number of nitrogens with zero attached hydrogens (tertiary/aromatic N) is 2. The van der Waals surface area contributed by atoms with Gasteiger partial charge in [0.1, 0.15) is 17.2 Å². The van der Waals surface area contributed by atoms with Crippen molar-refractivity contribution < 1.29 is 33.3 Å². The summed E-state index contributed by atoms with van der Waals surface area (Å²) in [4.78, 5) is 28.5. The molecule has 0 fully saturated rings. The predicted octanol–water partition coefficient (Wildman–Crippen LogP) is 5.26. The van der Waals surface area contributed by atoms with E-state index in [9.17, 15) is 33.8 Å². The first-order valence-electron chi connectivity index (χ1n) is 13.7. The Morgan fingerprint density at radius 3 is 1.78 bits per heavy atom. The molecule has 2 aromatic heterocycles. The van der Waals surface area contributed by atoms with E-state index in [4.69, 9.17) is 0 Å². The number of phenols is 2. The topological polar surface area (TPSA) is 138 Å². The Balaban J connectivity index is 0.000000178. The molecular weight excluding hydrogens is 582 g/mol. The highest BCUT2D eigenvalue weighted by atomic mass is 19.1. The third-order valence-electron chi connectivity index (χ3n) is 6.87. The smallest absolute Gasteiger partial charge is 0.266 e. The van der Waals surface area contributed by atoms with Gasteiger partial charge in [0, 0.05) is 30.7 Å². The summed E-state index contributed by atoms with van der Waals surface area (Å²) in [5, 5.41) is 38.8. The fraction of sp³-hybridized carbons (Fsp3) is 0.0588. The highest BCUT2D eigenvalue weighted by molar-refractivity contribution is 6.03. The van der Waals surface area contributed by atoms with Crippen LogP contribution in [-0.2, 0) is 13.1 Å². The van der Waals surface area contributed by atoms with Crippen molar-refractivity contribution in [2.24, 2.45) is 0 Å². The molecule has 9 nitrogen and oxygen atoms in total. The Hall–Kier alpha value is -6.10. The van der Waals surface area contributed by atoms with Gasteiger partial charge in [-0.05, 0) is 65.7 Å². The average molecular weight is 609 g/mol. The minimum atomic E-state index is -0.516. The van der Waals surface area contributed by atoms with Crippen LogP contribution in [0.3, 0.4) is 0 Å². The summed E-state index contributed by atoms with van der Waals surface area (Å²) in [6.45, 7) is 0.432. The molecule has 4 aromatic carbocycles. The van der Waals surface area contributed by atoms with Crippen molar-refractivity contribution in [2.45, 2.75) is 13.1 Å². The number of halogens is 2. The Bertz CT molecular complexity index is 2000. The van der Waals surface area contributed by atoms with E-state index in [1.54, 1.807) is 66.9 Å². The lowest BCUT2D eigenvalue weighted by molar-refractivity contribution is -0.577. The zero-order valence-corrected chi connectivity index (χ0v) is 23.6. The van der Waals surface area contributed by atoms with Crippen LogP contribution in [0.2, 0.25) is 0 Å². The Labute approximate surface area is 255 Å². The first kappa shape index (κ1) is 30.4. The number of hydrogen-bond donors (Lipinski definition) is 4. The molecule has 0 bridgehead atoms. The fourth-order valence-corrected chi connectivity index (χ4v) is 4.52. The van der Waals surface area contributed by atoms with E-state index < -0.39 is 11.8 Å². The number of hydrogen-bond acceptors (Lipinski definition) is 6. The Morgan fingerprint density at radius 1 is 0.689 bits per heavy atom. The summed E-state index contributed by atoms with van der Waals surface area (Å²) in [6.07, 6.45) is 2.81. The highest BCUT2D eigenvalue weighted by Crippen LogP contribution is 2.27. The molecule has 45 heavy (non-hydrogen) atoms. The van der Waals surface area contributed by atoms with Crippen LogP contribution in [0.15, 0.2) is 109 Å². The summed E-state index contributed by atoms with van der Waals surface area (Å²) in [5.74, 6) is -2.11. The van der Waals surface area contributed by atoms with Gasteiger partial charge < -0.3 is 26.1 Å². The van der Waals surface area contributed by atoms with E-state index in [0.717, 1.165) is 16.5 Å². The number of amides is 2. The number of carbonyl (C=O) groups is 2. The Morgan fingerprint density at radius 2 is 1.20 bits per heavy atom. The molecule has 11 heteroatoms. The second-order valence-electron chi connectivity index (χ2n) is 9.89. The number of aromatic nitrogens is 2. The van der Waals surface area contributed by atoms with Crippen molar-refractivity contribution in [2.75, 3.05) is 0 Å². The zero-order chi connectivity index (χ0) is 31.9. The van der Waals surface area contributed by atoms with Gasteiger partial charge in [-0.2, -0.15) is 4.73 Å². The third kappa shape index (κ3) is 7.11. The molecule has 0 aliphatic rings. The quantitative estimate of drug-likeness (QED) is 0.150. The largest absolute Gasteiger partial charge is 0.618 e. The highest BCUT2D eigenvalue weighted by Gasteiger charge is 2.19. The van der Waals surface area contributed by atoms with E-state index in [1.807, 2.05) is 6.07 Å². The number of aromatic hydroxyl groups is 2. The van der Waals surface area contributed by atoms with Gasteiger partial charge in [0.15, 0.2) is 11.9 Å². The second kappa shape index (κ2) is 13.5. The molecule has 2 amide bonds. The molecule has 0 radical (unpaired) electrons. The van der Waals surface area contributed by atoms with Crippen molar-refractivity contribution in [3.05, 3.63) is 149 Å². The number of benzene rings is 4. The van der Waals surface area contributed by atoms with E-state index in [-0.39, 0.29) is 52.9 Å². The number of pyridine rings is 2. The fourth-order valence-electron chi connectivity index (χ4n) is 4.52. The number of fused-ring (bicyclic) bond motifs is 2. The van der Waals surface area contributed by atoms with Crippen LogP contribution in [0.1, 0.15) is 31.8 Å². The van der Waals surface area contributed by atoms with Crippen LogP contribution in [0.5, 0.6) is 11.5 Å². The molecule has 0 spiro atoms. The standard InChI is InChI=1S/C17H13FN2O3.C17H13FN2O2/c18-13-6-3-11(4-7-13)10-19-17(22)14-8-5-12-2-1-9-20(23)15(12)16(14)21;18-13-6-3-11(4-7-13)10-20-17(22)14-8-5-12-2-1-9-19-15(12)16(14)21/h1-9,21H,10H2,(H,19,22);1-9,21H,10H2,(H,20,22). The average Bonchev–Trinajstić information content (AvgIpc) is 3.05. The number of rotatable bonds is 6. The molecular formula is C34H26F2N4O5. The van der Waals surface area contributed by atoms with Crippen LogP contribution in [0.25, 0.3) is 21.8 Å². The first-order valence-corrected chi connectivity index (χ1v) is 13.7. The van der Waals surface area contributed by atoms with Gasteiger partial charge in [0.05, 0.1) is 16.5 Å². The molecule has 4 N–H and O–H groups in total. The van der Waals surface area contributed by atoms with Crippen LogP contribution in [0, 0.1) is 16.8 Å². The summed E-state index contributed by atoms with van der Waals surface area (Å²) >= 11 is 0. The molecule has 226 valence electrons. The van der Waals surface area contributed by atoms with E-state index in [1.165, 1.54) is 36.5 Å². The monoisotopic (exact) mass is 608 g/mol. The van der Waals surface area contributed by atoms with Crippen molar-refractivity contribution in [1.82, 2.24) is 15.6 Å². The maximum Gasteiger partial charge on any atom is 0.266 e. The van der Waals surface area contributed by atoms with Gasteiger partial charge in [-0.1, -0.05) is 36.4 Å². The summed E-state index contributed by atoms with van der Waals surface area (Å²) in [5.41, 5.74) is 2.09. The molecule has 6 aromatic rings. The molecule has 0 aliphatic heterocycles. The minimum absolute atomic E-state index is 0.00964. The maximum absolute atomic E-state index is 12.8. The summed E-state index contributed by atoms with van der Waals surface area (Å²) in [6, 6.07) is 24.7. The third-order valence-corrected chi connectivity index (χ3v) is 6.87. The van der Waals surface area contributed by atoms with Crippen molar-refractivity contribution in [1.29, 1.82) is 0 Å². The molecule has 0 saturated carbocycles. The number of nitrogens with one attached hydrogen (secondary N) is 2. The number of carbonyl (C=O) groups excluding carboxylic acids is 2. The second-order valence-corrected chi connectivity index (χ2v) is 9.89. The molecule has 6 rings (SSSR count). The summed E-state index contributed by atoms with van der Waals surface area (Å²) in [7, 11) is 0. The summed E-state index contributed by atoms with van der Waals surface area (Å²) < 4.78 is 26.2. The number of phenolic OH excluding ortho intramolecular Hbond substituents is 2. The molecule has 2 heterocycles. The van der Waals surface area contributed by atoms with E-state index >= 15 is 0 Å². The molecule has 0 aliphatic carbocycles. The van der Waals surface area contributed by atoms with Gasteiger partial charge in [0.2, 0.25) is 5.75 Å².